The molecule has 1 saturated heterocycles. The largest absolute Gasteiger partial charge is 0.338 e. The Bertz CT molecular complexity index is 425. The first-order valence-corrected chi connectivity index (χ1v) is 6.69. The Kier molecular flexibility index (Phi) is 3.18. The third kappa shape index (κ3) is 2.33. The molecule has 5 heteroatoms. The summed E-state index contributed by atoms with van der Waals surface area (Å²) in [4.78, 5) is 16.3. The number of piperazine rings is 1. The van der Waals surface area contributed by atoms with E-state index in [1.165, 1.54) is 11.3 Å². The van der Waals surface area contributed by atoms with Crippen LogP contribution in [0.15, 0.2) is 6.20 Å². The zero-order chi connectivity index (χ0) is 12.5. The Labute approximate surface area is 108 Å². The van der Waals surface area contributed by atoms with Gasteiger partial charge in [0.15, 0.2) is 0 Å². The molecule has 1 aromatic heterocycles. The van der Waals surface area contributed by atoms with Gasteiger partial charge in [-0.05, 0) is 26.1 Å². The van der Waals surface area contributed by atoms with Gasteiger partial charge in [0.1, 0.15) is 0 Å². The van der Waals surface area contributed by atoms with Crippen molar-refractivity contribution in [3.05, 3.63) is 17.5 Å². The maximum Gasteiger partial charge on any atom is 0.225 e. The predicted octanol–water partition coefficient (Wildman–Crippen LogP) is 0.216. The zero-order valence-corrected chi connectivity index (χ0v) is 11.3. The average Bonchev–Trinajstić information content (AvgIpc) is 2.38. The van der Waals surface area contributed by atoms with Crippen molar-refractivity contribution in [1.29, 1.82) is 0 Å². The number of hydrogen-bond donors (Lipinski definition) is 0. The van der Waals surface area contributed by atoms with Crippen molar-refractivity contribution in [2.24, 2.45) is 0 Å². The third-order valence-corrected chi connectivity index (χ3v) is 3.91. The van der Waals surface area contributed by atoms with Gasteiger partial charge in [-0.1, -0.05) is 0 Å². The Balaban J connectivity index is 1.79. The topological polar surface area (TPSA) is 35.5 Å². The molecular formula is C13H21N5. The second-order valence-corrected chi connectivity index (χ2v) is 5.42. The molecule has 2 aliphatic rings. The average molecular weight is 247 g/mol. The third-order valence-electron chi connectivity index (χ3n) is 3.91. The fraction of sp³-hybridized carbons (Fsp3) is 0.692. The maximum absolute atomic E-state index is 4.77. The van der Waals surface area contributed by atoms with E-state index in [1.54, 1.807) is 0 Å². The number of rotatable bonds is 1. The van der Waals surface area contributed by atoms with Crippen LogP contribution in [0.2, 0.25) is 0 Å². The van der Waals surface area contributed by atoms with Gasteiger partial charge in [-0.3, -0.25) is 0 Å². The Morgan fingerprint density at radius 1 is 1.00 bits per heavy atom. The molecule has 0 aliphatic carbocycles. The first-order valence-electron chi connectivity index (χ1n) is 6.69. The molecule has 98 valence electrons. The van der Waals surface area contributed by atoms with Crippen molar-refractivity contribution in [2.75, 3.05) is 51.7 Å². The van der Waals surface area contributed by atoms with Gasteiger partial charge in [0.05, 0.1) is 5.69 Å². The molecule has 0 unspecified atom stereocenters. The highest BCUT2D eigenvalue weighted by molar-refractivity contribution is 5.34. The number of nitrogens with zero attached hydrogens (tertiary/aromatic N) is 5. The van der Waals surface area contributed by atoms with Gasteiger partial charge in [0.2, 0.25) is 5.95 Å². The van der Waals surface area contributed by atoms with E-state index in [0.717, 1.165) is 51.6 Å². The van der Waals surface area contributed by atoms with Gasteiger partial charge < -0.3 is 14.7 Å². The van der Waals surface area contributed by atoms with Gasteiger partial charge in [0, 0.05) is 45.5 Å². The van der Waals surface area contributed by atoms with Crippen LogP contribution in [0.4, 0.5) is 5.95 Å². The summed E-state index contributed by atoms with van der Waals surface area (Å²) >= 11 is 0. The molecule has 0 saturated carbocycles. The van der Waals surface area contributed by atoms with E-state index in [2.05, 4.69) is 33.8 Å². The number of likely N-dealkylation sites (N-methyl/N-ethyl adjacent to an activating group) is 2. The lowest BCUT2D eigenvalue weighted by molar-refractivity contribution is 0.303. The van der Waals surface area contributed by atoms with Gasteiger partial charge >= 0.3 is 0 Å². The number of hydrogen-bond acceptors (Lipinski definition) is 5. The first kappa shape index (κ1) is 11.9. The molecule has 1 fully saturated rings. The molecule has 18 heavy (non-hydrogen) atoms. The summed E-state index contributed by atoms with van der Waals surface area (Å²) < 4.78 is 0. The van der Waals surface area contributed by atoms with Crippen LogP contribution >= 0.6 is 0 Å². The number of aromatic nitrogens is 2. The molecule has 3 heterocycles. The molecule has 5 nitrogen and oxygen atoms in total. The summed E-state index contributed by atoms with van der Waals surface area (Å²) in [6.07, 6.45) is 3.11. The van der Waals surface area contributed by atoms with Gasteiger partial charge in [-0.15, -0.1) is 0 Å². The standard InChI is InChI=1S/C13H21N5/c1-16-5-7-18(8-6-16)13-14-9-11-3-4-17(2)10-12(11)15-13/h9H,3-8,10H2,1-2H3. The lowest BCUT2D eigenvalue weighted by atomic mass is 10.1. The second-order valence-electron chi connectivity index (χ2n) is 5.42. The van der Waals surface area contributed by atoms with Crippen LogP contribution in [-0.4, -0.2) is 66.6 Å². The van der Waals surface area contributed by atoms with Crippen molar-refractivity contribution < 1.29 is 0 Å². The minimum Gasteiger partial charge on any atom is -0.338 e. The highest BCUT2D eigenvalue weighted by Gasteiger charge is 2.20. The van der Waals surface area contributed by atoms with E-state index in [0.29, 0.717) is 0 Å². The molecule has 3 rings (SSSR count). The van der Waals surface area contributed by atoms with E-state index in [4.69, 9.17) is 4.98 Å². The highest BCUT2D eigenvalue weighted by Crippen LogP contribution is 2.18. The SMILES string of the molecule is CN1CCN(c2ncc3c(n2)CN(C)CC3)CC1. The quantitative estimate of drug-likeness (QED) is 0.709. The Morgan fingerprint density at radius 2 is 1.78 bits per heavy atom. The van der Waals surface area contributed by atoms with E-state index in [9.17, 15) is 0 Å². The summed E-state index contributed by atoms with van der Waals surface area (Å²) in [5, 5.41) is 0. The fourth-order valence-corrected chi connectivity index (χ4v) is 2.58. The first-order chi connectivity index (χ1) is 8.72. The van der Waals surface area contributed by atoms with Crippen LogP contribution in [-0.2, 0) is 13.0 Å². The summed E-state index contributed by atoms with van der Waals surface area (Å²) in [7, 11) is 4.32. The second kappa shape index (κ2) is 4.82. The molecule has 0 N–H and O–H groups in total. The van der Waals surface area contributed by atoms with Gasteiger partial charge in [-0.25, -0.2) is 9.97 Å². The monoisotopic (exact) mass is 247 g/mol. The molecule has 0 amide bonds. The number of fused-ring (bicyclic) bond motifs is 1. The van der Waals surface area contributed by atoms with E-state index in [-0.39, 0.29) is 0 Å². The molecular weight excluding hydrogens is 226 g/mol. The molecule has 2 aliphatic heterocycles. The van der Waals surface area contributed by atoms with Crippen molar-refractivity contribution >= 4 is 5.95 Å². The highest BCUT2D eigenvalue weighted by atomic mass is 15.3. The number of anilines is 1. The Hall–Kier alpha value is -1.20. The van der Waals surface area contributed by atoms with Gasteiger partial charge in [-0.2, -0.15) is 0 Å². The smallest absolute Gasteiger partial charge is 0.225 e. The van der Waals surface area contributed by atoms with E-state index < -0.39 is 0 Å². The summed E-state index contributed by atoms with van der Waals surface area (Å²) in [5.74, 6) is 0.914. The Morgan fingerprint density at radius 3 is 2.56 bits per heavy atom. The lowest BCUT2D eigenvalue weighted by Crippen LogP contribution is -2.45. The van der Waals surface area contributed by atoms with Crippen molar-refractivity contribution in [3.63, 3.8) is 0 Å². The van der Waals surface area contributed by atoms with Crippen molar-refractivity contribution in [3.8, 4) is 0 Å². The maximum atomic E-state index is 4.77. The minimum atomic E-state index is 0.914. The zero-order valence-electron chi connectivity index (χ0n) is 11.3. The van der Waals surface area contributed by atoms with E-state index in [1.807, 2.05) is 6.20 Å². The molecule has 0 atom stereocenters. The molecule has 1 aromatic rings. The van der Waals surface area contributed by atoms with Crippen molar-refractivity contribution in [1.82, 2.24) is 19.8 Å². The fourth-order valence-electron chi connectivity index (χ4n) is 2.58. The van der Waals surface area contributed by atoms with Gasteiger partial charge in [0.25, 0.3) is 0 Å². The van der Waals surface area contributed by atoms with Crippen LogP contribution in [0.1, 0.15) is 11.3 Å². The van der Waals surface area contributed by atoms with Crippen LogP contribution in [0.25, 0.3) is 0 Å². The minimum absolute atomic E-state index is 0.914. The summed E-state index contributed by atoms with van der Waals surface area (Å²) in [6, 6.07) is 0. The van der Waals surface area contributed by atoms with Crippen LogP contribution in [0.3, 0.4) is 0 Å². The van der Waals surface area contributed by atoms with Crippen molar-refractivity contribution in [2.45, 2.75) is 13.0 Å². The van der Waals surface area contributed by atoms with E-state index >= 15 is 0 Å². The molecule has 0 spiro atoms. The molecule has 0 aromatic carbocycles. The lowest BCUT2D eigenvalue weighted by Gasteiger charge is -2.33. The predicted molar refractivity (Wildman–Crippen MR) is 71.8 cm³/mol. The summed E-state index contributed by atoms with van der Waals surface area (Å²) in [5.41, 5.74) is 2.54. The van der Waals surface area contributed by atoms with Crippen LogP contribution in [0, 0.1) is 0 Å². The van der Waals surface area contributed by atoms with Crippen LogP contribution in [0.5, 0.6) is 0 Å². The van der Waals surface area contributed by atoms with Crippen LogP contribution < -0.4 is 4.90 Å². The molecule has 0 radical (unpaired) electrons. The molecule has 0 bridgehead atoms. The summed E-state index contributed by atoms with van der Waals surface area (Å²) in [6.45, 7) is 6.33. The normalized spacial score (nSPS) is 22.0.